The minimum Gasteiger partial charge on any atom is -0.267 e. The van der Waals surface area contributed by atoms with E-state index in [9.17, 15) is 14.9 Å². The van der Waals surface area contributed by atoms with Gasteiger partial charge in [-0.2, -0.15) is 5.10 Å². The number of hydrogen-bond acceptors (Lipinski definition) is 6. The summed E-state index contributed by atoms with van der Waals surface area (Å²) in [5.74, 6) is -0.490. The number of thiophene rings is 1. The van der Waals surface area contributed by atoms with E-state index >= 15 is 0 Å². The van der Waals surface area contributed by atoms with Gasteiger partial charge in [-0.1, -0.05) is 6.07 Å². The van der Waals surface area contributed by atoms with E-state index in [1.54, 1.807) is 29.3 Å². The number of nitrogens with zero attached hydrogens (tertiary/aromatic N) is 2. The summed E-state index contributed by atoms with van der Waals surface area (Å²) in [6.07, 6.45) is 3.52. The molecule has 1 N–H and O–H groups in total. The van der Waals surface area contributed by atoms with Crippen molar-refractivity contribution in [3.8, 4) is 0 Å². The number of nitrogens with one attached hydrogen (secondary N) is 1. The van der Waals surface area contributed by atoms with Gasteiger partial charge in [0, 0.05) is 23.3 Å². The molecule has 0 saturated heterocycles. The van der Waals surface area contributed by atoms with E-state index in [2.05, 4.69) is 10.5 Å². The van der Waals surface area contributed by atoms with Gasteiger partial charge in [0.25, 0.3) is 11.6 Å². The lowest BCUT2D eigenvalue weighted by Crippen LogP contribution is -2.17. The average molecular weight is 321 g/mol. The maximum atomic E-state index is 11.9. The van der Waals surface area contributed by atoms with Crippen LogP contribution in [0.25, 0.3) is 0 Å². The van der Waals surface area contributed by atoms with Gasteiger partial charge in [0.05, 0.1) is 15.3 Å². The third-order valence-corrected chi connectivity index (χ3v) is 4.65. The summed E-state index contributed by atoms with van der Waals surface area (Å²) in [5.41, 5.74) is 3.34. The molecule has 8 heteroatoms. The highest BCUT2D eigenvalue weighted by Gasteiger charge is 2.10. The lowest BCUT2D eigenvalue weighted by atomic mass is 10.2. The van der Waals surface area contributed by atoms with Crippen molar-refractivity contribution in [3.05, 3.63) is 57.0 Å². The second kappa shape index (κ2) is 7.00. The zero-order valence-electron chi connectivity index (χ0n) is 11.0. The fourth-order valence-electron chi connectivity index (χ4n) is 1.55. The molecule has 2 rings (SSSR count). The van der Waals surface area contributed by atoms with Gasteiger partial charge in [-0.05, 0) is 23.8 Å². The number of amides is 1. The summed E-state index contributed by atoms with van der Waals surface area (Å²) in [7, 11) is 0. The van der Waals surface area contributed by atoms with Crippen LogP contribution in [-0.2, 0) is 0 Å². The van der Waals surface area contributed by atoms with E-state index in [1.165, 1.54) is 24.3 Å². The van der Waals surface area contributed by atoms with Gasteiger partial charge in [-0.25, -0.2) is 5.43 Å². The summed E-state index contributed by atoms with van der Waals surface area (Å²) in [6, 6.07) is 7.40. The first-order valence-electron chi connectivity index (χ1n) is 5.81. The first-order valence-corrected chi connectivity index (χ1v) is 7.91. The number of thioether (sulfide) groups is 1. The van der Waals surface area contributed by atoms with E-state index in [-0.39, 0.29) is 11.3 Å². The van der Waals surface area contributed by atoms with Gasteiger partial charge in [0.2, 0.25) is 0 Å². The quantitative estimate of drug-likeness (QED) is 0.397. The smallest absolute Gasteiger partial charge is 0.267 e. The number of hydrazone groups is 1. The van der Waals surface area contributed by atoms with Crippen molar-refractivity contribution in [1.82, 2.24) is 5.43 Å². The molecular weight excluding hydrogens is 310 g/mol. The lowest BCUT2D eigenvalue weighted by molar-refractivity contribution is -0.384. The normalized spacial score (nSPS) is 10.7. The van der Waals surface area contributed by atoms with E-state index in [0.29, 0.717) is 0 Å². The highest BCUT2D eigenvalue weighted by Crippen LogP contribution is 2.25. The van der Waals surface area contributed by atoms with Crippen LogP contribution in [0.3, 0.4) is 0 Å². The molecule has 0 fully saturated rings. The number of nitro benzene ring substituents is 1. The second-order valence-corrected chi connectivity index (χ2v) is 5.87. The van der Waals surface area contributed by atoms with Crippen LogP contribution < -0.4 is 5.43 Å². The van der Waals surface area contributed by atoms with Gasteiger partial charge in [0.1, 0.15) is 0 Å². The Labute approximate surface area is 129 Å². The number of nitro groups is 1. The van der Waals surface area contributed by atoms with Crippen LogP contribution in [0.15, 0.2) is 45.0 Å². The maximum absolute atomic E-state index is 11.9. The van der Waals surface area contributed by atoms with E-state index in [1.807, 2.05) is 17.7 Å². The standard InChI is InChI=1S/C13H11N3O3S2/c1-20-13-10(5-6-21-13)8-14-15-12(17)9-3-2-4-11(7-9)16(18)19/h2-8H,1H3,(H,15,17)/b14-8-. The van der Waals surface area contributed by atoms with Crippen LogP contribution in [0.2, 0.25) is 0 Å². The van der Waals surface area contributed by atoms with Crippen LogP contribution in [-0.4, -0.2) is 23.3 Å². The maximum Gasteiger partial charge on any atom is 0.271 e. The molecule has 0 radical (unpaired) electrons. The highest BCUT2D eigenvalue weighted by molar-refractivity contribution is 8.00. The van der Waals surface area contributed by atoms with Crippen LogP contribution in [0, 0.1) is 10.1 Å². The molecule has 1 aromatic heterocycles. The minimum atomic E-state index is -0.545. The molecule has 2 aromatic rings. The number of carbonyl (C=O) groups excluding carboxylic acids is 1. The van der Waals surface area contributed by atoms with E-state index in [0.717, 1.165) is 9.77 Å². The number of non-ortho nitro benzene ring substituents is 1. The summed E-state index contributed by atoms with van der Waals surface area (Å²) in [5, 5.41) is 16.5. The Morgan fingerprint density at radius 1 is 1.48 bits per heavy atom. The zero-order valence-corrected chi connectivity index (χ0v) is 12.6. The summed E-state index contributed by atoms with van der Waals surface area (Å²) in [4.78, 5) is 22.0. The molecule has 0 aliphatic rings. The van der Waals surface area contributed by atoms with Gasteiger partial charge in [0.15, 0.2) is 0 Å². The molecule has 1 heterocycles. The summed E-state index contributed by atoms with van der Waals surface area (Å²) in [6.45, 7) is 0. The fraction of sp³-hybridized carbons (Fsp3) is 0.0769. The van der Waals surface area contributed by atoms with E-state index < -0.39 is 10.8 Å². The van der Waals surface area contributed by atoms with Crippen molar-refractivity contribution in [2.75, 3.05) is 6.26 Å². The monoisotopic (exact) mass is 321 g/mol. The molecule has 0 saturated carbocycles. The Balaban J connectivity index is 2.05. The molecule has 0 unspecified atom stereocenters. The zero-order chi connectivity index (χ0) is 15.2. The van der Waals surface area contributed by atoms with Crippen LogP contribution in [0.5, 0.6) is 0 Å². The predicted octanol–water partition coefficient (Wildman–Crippen LogP) is 3.14. The molecule has 0 aliphatic carbocycles. The first-order chi connectivity index (χ1) is 10.1. The van der Waals surface area contributed by atoms with Crippen molar-refractivity contribution < 1.29 is 9.72 Å². The molecule has 21 heavy (non-hydrogen) atoms. The number of hydrogen-bond donors (Lipinski definition) is 1. The molecule has 0 bridgehead atoms. The van der Waals surface area contributed by atoms with Gasteiger partial charge in [-0.3, -0.25) is 14.9 Å². The molecule has 1 amide bonds. The molecule has 0 spiro atoms. The number of benzene rings is 1. The van der Waals surface area contributed by atoms with Crippen molar-refractivity contribution in [3.63, 3.8) is 0 Å². The van der Waals surface area contributed by atoms with Crippen LogP contribution >= 0.6 is 23.1 Å². The molecule has 6 nitrogen and oxygen atoms in total. The first kappa shape index (κ1) is 15.2. The Kier molecular flexibility index (Phi) is 5.07. The predicted molar refractivity (Wildman–Crippen MR) is 84.3 cm³/mol. The van der Waals surface area contributed by atoms with Gasteiger partial charge < -0.3 is 0 Å². The van der Waals surface area contributed by atoms with Crippen LogP contribution in [0.1, 0.15) is 15.9 Å². The van der Waals surface area contributed by atoms with Crippen molar-refractivity contribution in [1.29, 1.82) is 0 Å². The molecule has 0 atom stereocenters. The molecule has 0 aliphatic heterocycles. The topological polar surface area (TPSA) is 84.6 Å². The average Bonchev–Trinajstić information content (AvgIpc) is 2.94. The minimum absolute atomic E-state index is 0.130. The van der Waals surface area contributed by atoms with Crippen molar-refractivity contribution in [2.24, 2.45) is 5.10 Å². The Bertz CT molecular complexity index is 697. The lowest BCUT2D eigenvalue weighted by Gasteiger charge is -1.99. The Morgan fingerprint density at radius 2 is 2.29 bits per heavy atom. The summed E-state index contributed by atoms with van der Waals surface area (Å²) < 4.78 is 1.10. The Hall–Kier alpha value is -2.19. The largest absolute Gasteiger partial charge is 0.271 e. The number of carbonyl (C=O) groups is 1. The number of rotatable bonds is 5. The third-order valence-electron chi connectivity index (χ3n) is 2.53. The van der Waals surface area contributed by atoms with E-state index in [4.69, 9.17) is 0 Å². The SMILES string of the molecule is CSc1sccc1/C=N\NC(=O)c1cccc([N+](=O)[O-])c1. The van der Waals surface area contributed by atoms with Crippen molar-refractivity contribution in [2.45, 2.75) is 4.21 Å². The molecular formula is C13H11N3O3S2. The van der Waals surface area contributed by atoms with Crippen molar-refractivity contribution >= 4 is 40.9 Å². The summed E-state index contributed by atoms with van der Waals surface area (Å²) >= 11 is 3.20. The molecule has 1 aromatic carbocycles. The third kappa shape index (κ3) is 3.89. The molecule has 108 valence electrons. The Morgan fingerprint density at radius 3 is 3.00 bits per heavy atom. The second-order valence-electron chi connectivity index (χ2n) is 3.87. The van der Waals surface area contributed by atoms with Gasteiger partial charge >= 0.3 is 0 Å². The van der Waals surface area contributed by atoms with Gasteiger partial charge in [-0.15, -0.1) is 23.1 Å². The highest BCUT2D eigenvalue weighted by atomic mass is 32.2. The fourth-order valence-corrected chi connectivity index (χ4v) is 3.06. The van der Waals surface area contributed by atoms with Crippen LogP contribution in [0.4, 0.5) is 5.69 Å².